The van der Waals surface area contributed by atoms with Crippen molar-refractivity contribution in [1.82, 2.24) is 4.98 Å². The van der Waals surface area contributed by atoms with E-state index in [9.17, 15) is 5.11 Å². The second kappa shape index (κ2) is 4.82. The summed E-state index contributed by atoms with van der Waals surface area (Å²) in [5, 5.41) is 13.4. The molecule has 0 amide bonds. The lowest BCUT2D eigenvalue weighted by Gasteiger charge is -2.16. The maximum absolute atomic E-state index is 10.4. The van der Waals surface area contributed by atoms with Gasteiger partial charge in [-0.1, -0.05) is 24.3 Å². The summed E-state index contributed by atoms with van der Waals surface area (Å²) in [7, 11) is 0. The van der Waals surface area contributed by atoms with E-state index in [4.69, 9.17) is 0 Å². The highest BCUT2D eigenvalue weighted by Gasteiger charge is 2.27. The molecule has 3 rings (SSSR count). The summed E-state index contributed by atoms with van der Waals surface area (Å²) in [6.07, 6.45) is 2.42. The Morgan fingerprint density at radius 1 is 1.33 bits per heavy atom. The molecule has 1 N–H and O–H groups in total. The van der Waals surface area contributed by atoms with Gasteiger partial charge in [0.25, 0.3) is 0 Å². The Labute approximate surface area is 111 Å². The van der Waals surface area contributed by atoms with Crippen molar-refractivity contribution in [3.05, 3.63) is 51.5 Å². The number of benzene rings is 1. The fraction of sp³-hybridized carbons (Fsp3) is 0.400. The van der Waals surface area contributed by atoms with Crippen molar-refractivity contribution >= 4 is 11.3 Å². The molecule has 0 aliphatic heterocycles. The third kappa shape index (κ3) is 2.33. The van der Waals surface area contributed by atoms with Gasteiger partial charge in [0.05, 0.1) is 11.1 Å². The zero-order valence-corrected chi connectivity index (χ0v) is 11.3. The largest absolute Gasteiger partial charge is 0.392 e. The first-order chi connectivity index (χ1) is 8.72. The maximum Gasteiger partial charge on any atom is 0.0954 e. The average molecular weight is 259 g/mol. The van der Waals surface area contributed by atoms with Gasteiger partial charge in [-0.25, -0.2) is 4.98 Å². The van der Waals surface area contributed by atoms with E-state index in [0.717, 1.165) is 23.5 Å². The number of rotatable bonds is 3. The first-order valence-corrected chi connectivity index (χ1v) is 7.26. The summed E-state index contributed by atoms with van der Waals surface area (Å²) in [5.41, 5.74) is 3.85. The molecule has 2 nitrogen and oxygen atoms in total. The standard InChI is InChI=1S/C15H17NOS/c1-10-9-18-15(16-10)8-14(17)13-6-11-4-2-3-5-12(11)7-13/h2-5,9,13-14,17H,6-8H2,1H3. The molecule has 0 spiro atoms. The van der Waals surface area contributed by atoms with Crippen LogP contribution in [0.15, 0.2) is 29.6 Å². The molecule has 1 atom stereocenters. The molecular weight excluding hydrogens is 242 g/mol. The monoisotopic (exact) mass is 259 g/mol. The number of thiazole rings is 1. The summed E-state index contributed by atoms with van der Waals surface area (Å²) in [5.74, 6) is 0.353. The van der Waals surface area contributed by atoms with Crippen LogP contribution in [-0.2, 0) is 19.3 Å². The van der Waals surface area contributed by atoms with Gasteiger partial charge in [0, 0.05) is 17.5 Å². The first-order valence-electron chi connectivity index (χ1n) is 6.38. The second-order valence-electron chi connectivity index (χ2n) is 5.09. The molecule has 1 aliphatic rings. The van der Waals surface area contributed by atoms with E-state index < -0.39 is 0 Å². The van der Waals surface area contributed by atoms with Crippen LogP contribution in [0.3, 0.4) is 0 Å². The number of aromatic nitrogens is 1. The molecule has 1 heterocycles. The smallest absolute Gasteiger partial charge is 0.0954 e. The van der Waals surface area contributed by atoms with Gasteiger partial charge in [0.15, 0.2) is 0 Å². The van der Waals surface area contributed by atoms with Crippen LogP contribution in [0.5, 0.6) is 0 Å². The van der Waals surface area contributed by atoms with Crippen molar-refractivity contribution in [2.75, 3.05) is 0 Å². The lowest BCUT2D eigenvalue weighted by atomic mass is 9.97. The van der Waals surface area contributed by atoms with Gasteiger partial charge in [0.2, 0.25) is 0 Å². The molecule has 1 unspecified atom stereocenters. The number of nitrogens with zero attached hydrogens (tertiary/aromatic N) is 1. The van der Waals surface area contributed by atoms with Crippen molar-refractivity contribution in [3.8, 4) is 0 Å². The molecule has 3 heteroatoms. The van der Waals surface area contributed by atoms with Crippen LogP contribution in [-0.4, -0.2) is 16.2 Å². The molecule has 18 heavy (non-hydrogen) atoms. The summed E-state index contributed by atoms with van der Waals surface area (Å²) in [6, 6.07) is 8.51. The third-order valence-corrected chi connectivity index (χ3v) is 4.67. The molecule has 1 aromatic heterocycles. The molecule has 94 valence electrons. The molecule has 2 aromatic rings. The van der Waals surface area contributed by atoms with Crippen LogP contribution in [0.2, 0.25) is 0 Å². The van der Waals surface area contributed by atoms with E-state index in [0.29, 0.717) is 12.3 Å². The van der Waals surface area contributed by atoms with Crippen molar-refractivity contribution < 1.29 is 5.11 Å². The minimum atomic E-state index is -0.275. The Hall–Kier alpha value is -1.19. The predicted octanol–water partition coefficient (Wildman–Crippen LogP) is 2.77. The van der Waals surface area contributed by atoms with Crippen molar-refractivity contribution in [2.45, 2.75) is 32.3 Å². The Balaban J connectivity index is 1.67. The molecule has 0 radical (unpaired) electrons. The lowest BCUT2D eigenvalue weighted by molar-refractivity contribution is 0.112. The SMILES string of the molecule is Cc1csc(CC(O)C2Cc3ccccc3C2)n1. The number of hydrogen-bond donors (Lipinski definition) is 1. The zero-order valence-electron chi connectivity index (χ0n) is 10.5. The number of fused-ring (bicyclic) bond motifs is 1. The molecule has 0 saturated heterocycles. The Kier molecular flexibility index (Phi) is 3.18. The summed E-state index contributed by atoms with van der Waals surface area (Å²) >= 11 is 1.65. The Morgan fingerprint density at radius 2 is 2.00 bits per heavy atom. The lowest BCUT2D eigenvalue weighted by Crippen LogP contribution is -2.23. The zero-order chi connectivity index (χ0) is 12.5. The van der Waals surface area contributed by atoms with Gasteiger partial charge in [-0.15, -0.1) is 11.3 Å². The van der Waals surface area contributed by atoms with Crippen LogP contribution in [0.1, 0.15) is 21.8 Å². The molecule has 0 fully saturated rings. The molecular formula is C15H17NOS. The van der Waals surface area contributed by atoms with Crippen LogP contribution < -0.4 is 0 Å². The van der Waals surface area contributed by atoms with Crippen LogP contribution in [0.25, 0.3) is 0 Å². The van der Waals surface area contributed by atoms with Gasteiger partial charge in [0.1, 0.15) is 0 Å². The quantitative estimate of drug-likeness (QED) is 0.919. The minimum Gasteiger partial charge on any atom is -0.392 e. The van der Waals surface area contributed by atoms with Gasteiger partial charge < -0.3 is 5.11 Å². The molecule has 1 aliphatic carbocycles. The summed E-state index contributed by atoms with van der Waals surface area (Å²) < 4.78 is 0. The topological polar surface area (TPSA) is 33.1 Å². The van der Waals surface area contributed by atoms with Crippen LogP contribution in [0, 0.1) is 12.8 Å². The van der Waals surface area contributed by atoms with Crippen molar-refractivity contribution in [2.24, 2.45) is 5.92 Å². The molecule has 1 aromatic carbocycles. The minimum absolute atomic E-state index is 0.275. The molecule has 0 saturated carbocycles. The van der Waals surface area contributed by atoms with Crippen molar-refractivity contribution in [1.29, 1.82) is 0 Å². The Morgan fingerprint density at radius 3 is 2.56 bits per heavy atom. The fourth-order valence-electron chi connectivity index (χ4n) is 2.71. The van der Waals surface area contributed by atoms with Crippen LogP contribution >= 0.6 is 11.3 Å². The third-order valence-electron chi connectivity index (χ3n) is 3.68. The summed E-state index contributed by atoms with van der Waals surface area (Å²) in [6.45, 7) is 2.00. The van der Waals surface area contributed by atoms with E-state index >= 15 is 0 Å². The van der Waals surface area contributed by atoms with E-state index in [1.165, 1.54) is 11.1 Å². The van der Waals surface area contributed by atoms with Gasteiger partial charge in [-0.3, -0.25) is 0 Å². The number of aliphatic hydroxyl groups is 1. The number of aryl methyl sites for hydroxylation is 1. The highest BCUT2D eigenvalue weighted by Crippen LogP contribution is 2.30. The number of hydrogen-bond acceptors (Lipinski definition) is 3. The van der Waals surface area contributed by atoms with Gasteiger partial charge in [-0.2, -0.15) is 0 Å². The normalized spacial score (nSPS) is 16.8. The van der Waals surface area contributed by atoms with Crippen molar-refractivity contribution in [3.63, 3.8) is 0 Å². The fourth-order valence-corrected chi connectivity index (χ4v) is 3.53. The van der Waals surface area contributed by atoms with E-state index in [1.54, 1.807) is 11.3 Å². The van der Waals surface area contributed by atoms with Gasteiger partial charge >= 0.3 is 0 Å². The van der Waals surface area contributed by atoms with Crippen LogP contribution in [0.4, 0.5) is 0 Å². The van der Waals surface area contributed by atoms with Gasteiger partial charge in [-0.05, 0) is 36.8 Å². The first kappa shape index (κ1) is 11.9. The van der Waals surface area contributed by atoms with E-state index in [1.807, 2.05) is 12.3 Å². The highest BCUT2D eigenvalue weighted by molar-refractivity contribution is 7.09. The number of aliphatic hydroxyl groups excluding tert-OH is 1. The maximum atomic E-state index is 10.4. The van der Waals surface area contributed by atoms with E-state index in [2.05, 4.69) is 29.2 Å². The van der Waals surface area contributed by atoms with E-state index in [-0.39, 0.29) is 6.10 Å². The predicted molar refractivity (Wildman–Crippen MR) is 73.9 cm³/mol. The molecule has 0 bridgehead atoms. The average Bonchev–Trinajstić information content (AvgIpc) is 2.95. The summed E-state index contributed by atoms with van der Waals surface area (Å²) in [4.78, 5) is 4.43. The highest BCUT2D eigenvalue weighted by atomic mass is 32.1. The Bertz CT molecular complexity index is 524. The second-order valence-corrected chi connectivity index (χ2v) is 6.03.